The second kappa shape index (κ2) is 4.33. The van der Waals surface area contributed by atoms with Crippen LogP contribution >= 0.6 is 31.9 Å². The third kappa shape index (κ3) is 2.61. The molecule has 0 aromatic heterocycles. The third-order valence-electron chi connectivity index (χ3n) is 1.64. The highest BCUT2D eigenvalue weighted by molar-refractivity contribution is 9.25. The molecule has 0 spiro atoms. The zero-order valence-corrected chi connectivity index (χ0v) is 10.0. The molecule has 70 valence electrons. The molecule has 1 nitrogen and oxygen atoms in total. The van der Waals surface area contributed by atoms with Crippen LogP contribution < -0.4 is 0 Å². The minimum Gasteiger partial charge on any atom is -0.292 e. The summed E-state index contributed by atoms with van der Waals surface area (Å²) in [6.45, 7) is 1.63. The molecule has 0 N–H and O–H groups in total. The smallest absolute Gasteiger partial charge is 0.187 e. The van der Waals surface area contributed by atoms with E-state index in [1.54, 1.807) is 6.92 Å². The first-order valence-electron chi connectivity index (χ1n) is 3.61. The van der Waals surface area contributed by atoms with Crippen molar-refractivity contribution in [3.8, 4) is 0 Å². The van der Waals surface area contributed by atoms with Gasteiger partial charge in [-0.1, -0.05) is 31.9 Å². The number of ketones is 1. The predicted molar refractivity (Wildman–Crippen MR) is 57.1 cm³/mol. The van der Waals surface area contributed by atoms with E-state index in [0.717, 1.165) is 0 Å². The lowest BCUT2D eigenvalue weighted by atomic mass is 10.1. The van der Waals surface area contributed by atoms with Crippen LogP contribution in [0.5, 0.6) is 0 Å². The second-order valence-corrected chi connectivity index (χ2v) is 5.69. The zero-order chi connectivity index (χ0) is 10.0. The number of rotatable bonds is 2. The zero-order valence-electron chi connectivity index (χ0n) is 6.85. The number of benzene rings is 1. The van der Waals surface area contributed by atoms with E-state index in [9.17, 15) is 9.18 Å². The largest absolute Gasteiger partial charge is 0.292 e. The topological polar surface area (TPSA) is 17.1 Å². The van der Waals surface area contributed by atoms with Gasteiger partial charge in [0.2, 0.25) is 0 Å². The number of hydrogen-bond donors (Lipinski definition) is 0. The maximum absolute atomic E-state index is 12.8. The van der Waals surface area contributed by atoms with E-state index < -0.39 is 3.74 Å². The Balaban J connectivity index is 3.04. The van der Waals surface area contributed by atoms with Gasteiger partial charge in [0, 0.05) is 5.56 Å². The van der Waals surface area contributed by atoms with Gasteiger partial charge in [0.15, 0.2) is 5.78 Å². The van der Waals surface area contributed by atoms with Gasteiger partial charge in [0.1, 0.15) is 9.55 Å². The molecule has 0 aliphatic rings. The fourth-order valence-corrected chi connectivity index (χ4v) is 1.45. The number of halogens is 3. The van der Waals surface area contributed by atoms with E-state index in [1.165, 1.54) is 18.2 Å². The molecule has 13 heavy (non-hydrogen) atoms. The summed E-state index contributed by atoms with van der Waals surface area (Å²) in [4.78, 5) is 11.4. The van der Waals surface area contributed by atoms with Gasteiger partial charge < -0.3 is 0 Å². The fraction of sp³-hybridized carbons (Fsp3) is 0.222. The molecule has 0 bridgehead atoms. The predicted octanol–water partition coefficient (Wildman–Crippen LogP) is 3.43. The Morgan fingerprint density at radius 3 is 2.54 bits per heavy atom. The summed E-state index contributed by atoms with van der Waals surface area (Å²) in [5, 5.41) is 0. The molecule has 1 rings (SSSR count). The van der Waals surface area contributed by atoms with Crippen molar-refractivity contribution in [2.75, 3.05) is 0 Å². The molecule has 0 amide bonds. The number of aryl methyl sites for hydroxylation is 1. The molecule has 0 aliphatic carbocycles. The molecule has 4 heteroatoms. The first-order chi connectivity index (χ1) is 6.02. The van der Waals surface area contributed by atoms with Crippen LogP contribution in [0.15, 0.2) is 18.2 Å². The molecule has 0 saturated carbocycles. The van der Waals surface area contributed by atoms with Crippen molar-refractivity contribution >= 4 is 37.6 Å². The van der Waals surface area contributed by atoms with Crippen molar-refractivity contribution in [1.29, 1.82) is 0 Å². The van der Waals surface area contributed by atoms with Gasteiger partial charge in [-0.15, -0.1) is 0 Å². The molecule has 1 aromatic carbocycles. The van der Waals surface area contributed by atoms with Crippen LogP contribution in [0.25, 0.3) is 0 Å². The normalized spacial score (nSPS) is 10.5. The lowest BCUT2D eigenvalue weighted by Crippen LogP contribution is -2.07. The molecule has 0 heterocycles. The minimum atomic E-state index is -0.412. The average Bonchev–Trinajstić information content (AvgIpc) is 2.08. The van der Waals surface area contributed by atoms with Crippen molar-refractivity contribution in [2.45, 2.75) is 10.7 Å². The maximum Gasteiger partial charge on any atom is 0.187 e. The highest BCUT2D eigenvalue weighted by Gasteiger charge is 2.13. The lowest BCUT2D eigenvalue weighted by molar-refractivity contribution is 0.101. The molecule has 0 radical (unpaired) electrons. The van der Waals surface area contributed by atoms with E-state index >= 15 is 0 Å². The summed E-state index contributed by atoms with van der Waals surface area (Å²) in [5.74, 6) is -0.402. The number of carbonyl (C=O) groups is 1. The van der Waals surface area contributed by atoms with Crippen molar-refractivity contribution < 1.29 is 9.18 Å². The van der Waals surface area contributed by atoms with Crippen LogP contribution in [0.3, 0.4) is 0 Å². The average molecular weight is 310 g/mol. The summed E-state index contributed by atoms with van der Waals surface area (Å²) >= 11 is 6.19. The Labute approximate surface area is 92.6 Å². The summed E-state index contributed by atoms with van der Waals surface area (Å²) in [5.41, 5.74) is 0.976. The van der Waals surface area contributed by atoms with Crippen molar-refractivity contribution in [1.82, 2.24) is 0 Å². The van der Waals surface area contributed by atoms with Crippen LogP contribution in [0, 0.1) is 12.7 Å². The molecule has 0 aliphatic heterocycles. The Kier molecular flexibility index (Phi) is 3.62. The number of hydrogen-bond acceptors (Lipinski definition) is 1. The standard InChI is InChI=1S/C9H7Br2FO/c1-5-4-6(2-3-7(5)12)8(13)9(10)11/h2-4,9H,1H3. The van der Waals surface area contributed by atoms with Gasteiger partial charge in [-0.05, 0) is 30.7 Å². The summed E-state index contributed by atoms with van der Waals surface area (Å²) in [6.07, 6.45) is 0. The quantitative estimate of drug-likeness (QED) is 0.604. The van der Waals surface area contributed by atoms with Gasteiger partial charge in [-0.3, -0.25) is 4.79 Å². The Morgan fingerprint density at radius 2 is 2.08 bits per heavy atom. The van der Waals surface area contributed by atoms with E-state index in [1.807, 2.05) is 0 Å². The Bertz CT molecular complexity index is 336. The third-order valence-corrected chi connectivity index (χ3v) is 2.47. The van der Waals surface area contributed by atoms with Crippen LogP contribution in [0.4, 0.5) is 4.39 Å². The minimum absolute atomic E-state index is 0.108. The lowest BCUT2D eigenvalue weighted by Gasteiger charge is -2.03. The van der Waals surface area contributed by atoms with Crippen LogP contribution in [-0.4, -0.2) is 9.52 Å². The van der Waals surface area contributed by atoms with Gasteiger partial charge in [0.05, 0.1) is 0 Å². The van der Waals surface area contributed by atoms with Crippen LogP contribution in [0.1, 0.15) is 15.9 Å². The summed E-state index contributed by atoms with van der Waals surface area (Å²) in [6, 6.07) is 4.30. The van der Waals surface area contributed by atoms with Crippen LogP contribution in [-0.2, 0) is 0 Å². The summed E-state index contributed by atoms with van der Waals surface area (Å²) < 4.78 is 12.4. The molecular formula is C9H7Br2FO. The molecule has 1 aromatic rings. The maximum atomic E-state index is 12.8. The van der Waals surface area contributed by atoms with E-state index in [4.69, 9.17) is 0 Å². The van der Waals surface area contributed by atoms with Gasteiger partial charge in [0.25, 0.3) is 0 Å². The first-order valence-corrected chi connectivity index (χ1v) is 5.44. The molecule has 0 fully saturated rings. The van der Waals surface area contributed by atoms with Crippen molar-refractivity contribution in [3.63, 3.8) is 0 Å². The number of carbonyl (C=O) groups excluding carboxylic acids is 1. The number of alkyl halides is 2. The van der Waals surface area contributed by atoms with E-state index in [-0.39, 0.29) is 11.6 Å². The fourth-order valence-electron chi connectivity index (χ4n) is 0.924. The summed E-state index contributed by atoms with van der Waals surface area (Å²) in [7, 11) is 0. The molecule has 0 saturated heterocycles. The highest BCUT2D eigenvalue weighted by atomic mass is 79.9. The molecular weight excluding hydrogens is 303 g/mol. The molecule has 0 unspecified atom stereocenters. The van der Waals surface area contributed by atoms with Gasteiger partial charge in [-0.25, -0.2) is 4.39 Å². The first kappa shape index (κ1) is 10.9. The highest BCUT2D eigenvalue weighted by Crippen LogP contribution is 2.17. The SMILES string of the molecule is Cc1cc(C(=O)C(Br)Br)ccc1F. The van der Waals surface area contributed by atoms with Gasteiger partial charge >= 0.3 is 0 Å². The van der Waals surface area contributed by atoms with E-state index in [2.05, 4.69) is 31.9 Å². The van der Waals surface area contributed by atoms with Crippen LogP contribution in [0.2, 0.25) is 0 Å². The Morgan fingerprint density at radius 1 is 1.46 bits per heavy atom. The molecule has 0 atom stereocenters. The Hall–Kier alpha value is -0.220. The van der Waals surface area contributed by atoms with Crippen molar-refractivity contribution in [2.24, 2.45) is 0 Å². The monoisotopic (exact) mass is 308 g/mol. The number of Topliss-reactive ketones (excluding diaryl/α,β-unsaturated/α-hetero) is 1. The van der Waals surface area contributed by atoms with Crippen molar-refractivity contribution in [3.05, 3.63) is 35.1 Å². The second-order valence-electron chi connectivity index (χ2n) is 2.63. The van der Waals surface area contributed by atoms with E-state index in [0.29, 0.717) is 11.1 Å². The van der Waals surface area contributed by atoms with Gasteiger partial charge in [-0.2, -0.15) is 0 Å².